The van der Waals surface area contributed by atoms with Crippen LogP contribution in [-0.4, -0.2) is 42.2 Å². The van der Waals surface area contributed by atoms with Gasteiger partial charge in [0.05, 0.1) is 17.6 Å². The number of nitrogens with zero attached hydrogens (tertiary/aromatic N) is 2. The number of hydrogen-bond acceptors (Lipinski definition) is 6. The highest BCUT2D eigenvalue weighted by atomic mass is 16.5. The monoisotopic (exact) mass is 472 g/mol. The maximum absolute atomic E-state index is 12.9. The number of para-hydroxylation sites is 3. The maximum atomic E-state index is 12.9. The van der Waals surface area contributed by atoms with E-state index in [1.807, 2.05) is 0 Å². The van der Waals surface area contributed by atoms with Crippen molar-refractivity contribution in [1.82, 2.24) is 4.57 Å². The molecule has 0 atom stereocenters. The summed E-state index contributed by atoms with van der Waals surface area (Å²) in [6.45, 7) is 0.814. The Morgan fingerprint density at radius 1 is 0.771 bits per heavy atom. The van der Waals surface area contributed by atoms with Crippen molar-refractivity contribution in [2.75, 3.05) is 24.7 Å². The number of esters is 2. The van der Waals surface area contributed by atoms with Crippen molar-refractivity contribution >= 4 is 45.3 Å². The Morgan fingerprint density at radius 2 is 1.34 bits per heavy atom. The topological polar surface area (TPSA) is 94.9 Å². The molecule has 0 aliphatic heterocycles. The summed E-state index contributed by atoms with van der Waals surface area (Å²) in [6.07, 6.45) is 0. The zero-order chi connectivity index (χ0) is 24.8. The molecule has 3 aromatic carbocycles. The average molecular weight is 472 g/mol. The van der Waals surface area contributed by atoms with Gasteiger partial charge in [0.2, 0.25) is 0 Å². The number of amides is 1. The van der Waals surface area contributed by atoms with Crippen LogP contribution in [0.5, 0.6) is 0 Å². The predicted octanol–water partition coefficient (Wildman–Crippen LogP) is 3.29. The Bertz CT molecular complexity index is 1380. The summed E-state index contributed by atoms with van der Waals surface area (Å²) in [6, 6.07) is 22.7. The van der Waals surface area contributed by atoms with Crippen molar-refractivity contribution in [2.24, 2.45) is 0 Å². The molecule has 1 aromatic heterocycles. The van der Waals surface area contributed by atoms with E-state index < -0.39 is 24.5 Å². The van der Waals surface area contributed by atoms with Crippen LogP contribution in [0.3, 0.4) is 0 Å². The van der Waals surface area contributed by atoms with Crippen molar-refractivity contribution in [1.29, 1.82) is 0 Å². The summed E-state index contributed by atoms with van der Waals surface area (Å²) in [7, 11) is 0. The molecule has 8 heteroatoms. The quantitative estimate of drug-likeness (QED) is 0.289. The van der Waals surface area contributed by atoms with Crippen LogP contribution in [0.4, 0.5) is 5.69 Å². The predicted molar refractivity (Wildman–Crippen MR) is 132 cm³/mol. The Morgan fingerprint density at radius 3 is 1.94 bits per heavy atom. The molecular formula is C27H24N2O6. The highest BCUT2D eigenvalue weighted by Gasteiger charge is 2.22. The van der Waals surface area contributed by atoms with Gasteiger partial charge in [-0.15, -0.1) is 0 Å². The van der Waals surface area contributed by atoms with Crippen LogP contribution in [-0.2, 0) is 30.4 Å². The third-order valence-corrected chi connectivity index (χ3v) is 5.48. The molecule has 4 aromatic rings. The van der Waals surface area contributed by atoms with E-state index in [0.717, 1.165) is 0 Å². The summed E-state index contributed by atoms with van der Waals surface area (Å²) in [5.41, 5.74) is 1.55. The fourth-order valence-electron chi connectivity index (χ4n) is 3.91. The number of anilines is 1. The summed E-state index contributed by atoms with van der Waals surface area (Å²) in [5.74, 6) is -1.78. The average Bonchev–Trinajstić information content (AvgIpc) is 2.89. The number of carbonyl (C=O) groups is 3. The first-order valence-corrected chi connectivity index (χ1v) is 11.2. The van der Waals surface area contributed by atoms with Gasteiger partial charge in [-0.25, -0.2) is 0 Å². The van der Waals surface area contributed by atoms with Gasteiger partial charge in [-0.2, -0.15) is 0 Å². The van der Waals surface area contributed by atoms with Gasteiger partial charge >= 0.3 is 11.9 Å². The fraction of sp³-hybridized carbons (Fsp3) is 0.185. The standard InChI is InChI=1S/C27H24N2O6/c1-2-34-25(31)16-28(19-10-4-3-5-11-19)24(30)18-35-26(32)17-29-22-14-8-6-12-20(22)27(33)21-13-7-9-15-23(21)29/h3-15H,2,16-18H2,1H3. The van der Waals surface area contributed by atoms with Crippen LogP contribution in [0, 0.1) is 0 Å². The molecule has 178 valence electrons. The first-order chi connectivity index (χ1) is 17.0. The van der Waals surface area contributed by atoms with E-state index in [1.165, 1.54) is 4.90 Å². The Hall–Kier alpha value is -4.46. The molecular weight excluding hydrogens is 448 g/mol. The van der Waals surface area contributed by atoms with E-state index in [9.17, 15) is 19.2 Å². The minimum atomic E-state index is -0.651. The highest BCUT2D eigenvalue weighted by Crippen LogP contribution is 2.19. The van der Waals surface area contributed by atoms with Crippen LogP contribution >= 0.6 is 0 Å². The van der Waals surface area contributed by atoms with Crippen molar-refractivity contribution in [3.05, 3.63) is 89.1 Å². The lowest BCUT2D eigenvalue weighted by Gasteiger charge is -2.22. The van der Waals surface area contributed by atoms with Crippen LogP contribution < -0.4 is 10.3 Å². The lowest BCUT2D eigenvalue weighted by atomic mass is 10.1. The minimum Gasteiger partial charge on any atom is -0.465 e. The molecule has 0 radical (unpaired) electrons. The molecule has 0 spiro atoms. The van der Waals surface area contributed by atoms with Gasteiger partial charge < -0.3 is 14.0 Å². The van der Waals surface area contributed by atoms with Gasteiger partial charge in [-0.1, -0.05) is 42.5 Å². The van der Waals surface area contributed by atoms with Crippen LogP contribution in [0.1, 0.15) is 6.92 Å². The van der Waals surface area contributed by atoms with Crippen molar-refractivity contribution in [3.8, 4) is 0 Å². The number of aromatic nitrogens is 1. The molecule has 0 fully saturated rings. The zero-order valence-electron chi connectivity index (χ0n) is 19.2. The SMILES string of the molecule is CCOC(=O)CN(C(=O)COC(=O)Cn1c2ccccc2c(=O)c2ccccc21)c1ccccc1. The highest BCUT2D eigenvalue weighted by molar-refractivity contribution is 5.99. The van der Waals surface area contributed by atoms with E-state index in [2.05, 4.69) is 0 Å². The molecule has 0 bridgehead atoms. The molecule has 1 amide bonds. The lowest BCUT2D eigenvalue weighted by Crippen LogP contribution is -2.39. The summed E-state index contributed by atoms with van der Waals surface area (Å²) in [5, 5.41) is 0.972. The second kappa shape index (κ2) is 10.6. The molecule has 0 aliphatic rings. The van der Waals surface area contributed by atoms with Gasteiger partial charge in [0.1, 0.15) is 13.1 Å². The van der Waals surface area contributed by atoms with Gasteiger partial charge in [-0.3, -0.25) is 24.1 Å². The summed E-state index contributed by atoms with van der Waals surface area (Å²) in [4.78, 5) is 51.8. The molecule has 0 saturated carbocycles. The molecule has 0 unspecified atom stereocenters. The van der Waals surface area contributed by atoms with E-state index in [4.69, 9.17) is 9.47 Å². The van der Waals surface area contributed by atoms with E-state index >= 15 is 0 Å². The molecule has 0 N–H and O–H groups in total. The summed E-state index contributed by atoms with van der Waals surface area (Å²) >= 11 is 0. The Kier molecular flexibility index (Phi) is 7.21. The van der Waals surface area contributed by atoms with E-state index in [-0.39, 0.29) is 25.1 Å². The normalized spacial score (nSPS) is 10.8. The largest absolute Gasteiger partial charge is 0.465 e. The van der Waals surface area contributed by atoms with E-state index in [0.29, 0.717) is 27.5 Å². The maximum Gasteiger partial charge on any atom is 0.326 e. The number of pyridine rings is 1. The zero-order valence-corrected chi connectivity index (χ0v) is 19.2. The second-order valence-electron chi connectivity index (χ2n) is 7.73. The van der Waals surface area contributed by atoms with Crippen LogP contribution in [0.15, 0.2) is 83.7 Å². The lowest BCUT2D eigenvalue weighted by molar-refractivity contribution is -0.148. The smallest absolute Gasteiger partial charge is 0.326 e. The number of carbonyl (C=O) groups excluding carboxylic acids is 3. The third kappa shape index (κ3) is 5.22. The molecule has 0 saturated heterocycles. The van der Waals surface area contributed by atoms with Crippen molar-refractivity contribution in [2.45, 2.75) is 13.5 Å². The van der Waals surface area contributed by atoms with Gasteiger partial charge in [0, 0.05) is 16.5 Å². The number of ether oxygens (including phenoxy) is 2. The van der Waals surface area contributed by atoms with Crippen LogP contribution in [0.25, 0.3) is 21.8 Å². The first-order valence-electron chi connectivity index (χ1n) is 11.2. The molecule has 1 heterocycles. The van der Waals surface area contributed by atoms with Gasteiger partial charge in [-0.05, 0) is 43.3 Å². The molecule has 4 rings (SSSR count). The molecule has 35 heavy (non-hydrogen) atoms. The number of benzene rings is 3. The number of hydrogen-bond donors (Lipinski definition) is 0. The fourth-order valence-corrected chi connectivity index (χ4v) is 3.91. The van der Waals surface area contributed by atoms with Crippen molar-refractivity contribution in [3.63, 3.8) is 0 Å². The number of rotatable bonds is 8. The summed E-state index contributed by atoms with van der Waals surface area (Å²) < 4.78 is 12.0. The van der Waals surface area contributed by atoms with Crippen LogP contribution in [0.2, 0.25) is 0 Å². The Balaban J connectivity index is 1.54. The molecule has 8 nitrogen and oxygen atoms in total. The third-order valence-electron chi connectivity index (χ3n) is 5.48. The van der Waals surface area contributed by atoms with Crippen molar-refractivity contribution < 1.29 is 23.9 Å². The first kappa shape index (κ1) is 23.7. The van der Waals surface area contributed by atoms with Gasteiger partial charge in [0.15, 0.2) is 12.0 Å². The molecule has 0 aliphatic carbocycles. The Labute approximate surface area is 201 Å². The second-order valence-corrected chi connectivity index (χ2v) is 7.73. The minimum absolute atomic E-state index is 0.117. The number of fused-ring (bicyclic) bond motifs is 2. The van der Waals surface area contributed by atoms with Gasteiger partial charge in [0.25, 0.3) is 5.91 Å². The van der Waals surface area contributed by atoms with E-state index in [1.54, 1.807) is 90.4 Å².